The van der Waals surface area contributed by atoms with E-state index in [1.54, 1.807) is 11.8 Å². The Hall–Kier alpha value is -1.75. The highest BCUT2D eigenvalue weighted by Gasteiger charge is 2.09. The third-order valence-corrected chi connectivity index (χ3v) is 4.44. The summed E-state index contributed by atoms with van der Waals surface area (Å²) in [6.07, 6.45) is 0.863. The Morgan fingerprint density at radius 2 is 2.14 bits per heavy atom. The number of rotatable bonds is 7. The van der Waals surface area contributed by atoms with Gasteiger partial charge in [-0.05, 0) is 32.8 Å². The fourth-order valence-electron chi connectivity index (χ4n) is 2.22. The molecule has 0 bridgehead atoms. The van der Waals surface area contributed by atoms with Crippen molar-refractivity contribution in [1.82, 2.24) is 10.5 Å². The standard InChI is InChI=1S/C17H22N2O2S/c1-12-5-4-6-15(9-12)7-8-18-17(20)11-22-10-16-13(2)19-21-14(16)3/h4-6,9H,7-8,10-11H2,1-3H3,(H,18,20). The van der Waals surface area contributed by atoms with Gasteiger partial charge in [-0.2, -0.15) is 0 Å². The summed E-state index contributed by atoms with van der Waals surface area (Å²) >= 11 is 1.58. The molecule has 0 radical (unpaired) electrons. The molecule has 0 aliphatic rings. The quantitative estimate of drug-likeness (QED) is 0.852. The summed E-state index contributed by atoms with van der Waals surface area (Å²) < 4.78 is 5.11. The molecular weight excluding hydrogens is 296 g/mol. The van der Waals surface area contributed by atoms with Crippen molar-refractivity contribution in [3.63, 3.8) is 0 Å². The number of thioether (sulfide) groups is 1. The Morgan fingerprint density at radius 1 is 1.32 bits per heavy atom. The largest absolute Gasteiger partial charge is 0.361 e. The molecule has 1 amide bonds. The Bertz CT molecular complexity index is 618. The molecule has 1 aromatic heterocycles. The lowest BCUT2D eigenvalue weighted by molar-refractivity contribution is -0.118. The molecule has 5 heteroatoms. The summed E-state index contributed by atoms with van der Waals surface area (Å²) in [6.45, 7) is 6.58. The molecule has 0 fully saturated rings. The van der Waals surface area contributed by atoms with Crippen LogP contribution in [-0.4, -0.2) is 23.4 Å². The van der Waals surface area contributed by atoms with E-state index in [2.05, 4.69) is 35.6 Å². The van der Waals surface area contributed by atoms with Gasteiger partial charge in [0, 0.05) is 17.9 Å². The van der Waals surface area contributed by atoms with Gasteiger partial charge in [0.1, 0.15) is 5.76 Å². The molecule has 118 valence electrons. The van der Waals surface area contributed by atoms with Gasteiger partial charge in [0.2, 0.25) is 5.91 Å². The molecule has 1 heterocycles. The summed E-state index contributed by atoms with van der Waals surface area (Å²) in [5.41, 5.74) is 4.50. The third-order valence-electron chi connectivity index (χ3n) is 3.48. The maximum absolute atomic E-state index is 11.8. The van der Waals surface area contributed by atoms with Gasteiger partial charge in [-0.3, -0.25) is 4.79 Å². The van der Waals surface area contributed by atoms with Crippen molar-refractivity contribution < 1.29 is 9.32 Å². The maximum Gasteiger partial charge on any atom is 0.230 e. The molecule has 0 saturated heterocycles. The molecule has 0 spiro atoms. The Kier molecular flexibility index (Phi) is 6.07. The maximum atomic E-state index is 11.8. The summed E-state index contributed by atoms with van der Waals surface area (Å²) in [7, 11) is 0. The number of amides is 1. The molecule has 2 aromatic rings. The normalized spacial score (nSPS) is 10.7. The summed E-state index contributed by atoms with van der Waals surface area (Å²) in [5, 5.41) is 6.88. The fraction of sp³-hybridized carbons (Fsp3) is 0.412. The van der Waals surface area contributed by atoms with Crippen LogP contribution in [0.5, 0.6) is 0 Å². The van der Waals surface area contributed by atoms with Gasteiger partial charge in [-0.1, -0.05) is 35.0 Å². The molecule has 0 unspecified atom stereocenters. The van der Waals surface area contributed by atoms with Crippen LogP contribution >= 0.6 is 11.8 Å². The lowest BCUT2D eigenvalue weighted by Crippen LogP contribution is -2.27. The number of benzene rings is 1. The summed E-state index contributed by atoms with van der Waals surface area (Å²) in [5.74, 6) is 2.12. The number of hydrogen-bond donors (Lipinski definition) is 1. The third kappa shape index (κ3) is 4.91. The lowest BCUT2D eigenvalue weighted by atomic mass is 10.1. The van der Waals surface area contributed by atoms with Crippen molar-refractivity contribution in [3.05, 3.63) is 52.4 Å². The van der Waals surface area contributed by atoms with Crippen LogP contribution in [0.3, 0.4) is 0 Å². The van der Waals surface area contributed by atoms with Crippen molar-refractivity contribution in [1.29, 1.82) is 0 Å². The van der Waals surface area contributed by atoms with Crippen LogP contribution in [0, 0.1) is 20.8 Å². The molecule has 22 heavy (non-hydrogen) atoms. The molecular formula is C17H22N2O2S. The number of nitrogens with zero attached hydrogens (tertiary/aromatic N) is 1. The Labute approximate surface area is 135 Å². The van der Waals surface area contributed by atoms with Crippen LogP contribution in [0.15, 0.2) is 28.8 Å². The van der Waals surface area contributed by atoms with E-state index < -0.39 is 0 Å². The highest BCUT2D eigenvalue weighted by atomic mass is 32.2. The monoisotopic (exact) mass is 318 g/mol. The molecule has 1 N–H and O–H groups in total. The van der Waals surface area contributed by atoms with Gasteiger partial charge in [0.05, 0.1) is 11.4 Å². The predicted octanol–water partition coefficient (Wildman–Crippen LogP) is 3.19. The molecule has 1 aromatic carbocycles. The van der Waals surface area contributed by atoms with Gasteiger partial charge in [-0.15, -0.1) is 11.8 Å². The van der Waals surface area contributed by atoms with E-state index in [1.165, 1.54) is 11.1 Å². The van der Waals surface area contributed by atoms with E-state index in [0.717, 1.165) is 29.2 Å². The van der Waals surface area contributed by atoms with Gasteiger partial charge in [-0.25, -0.2) is 0 Å². The van der Waals surface area contributed by atoms with Crippen molar-refractivity contribution in [2.75, 3.05) is 12.3 Å². The van der Waals surface area contributed by atoms with E-state index in [0.29, 0.717) is 12.3 Å². The minimum absolute atomic E-state index is 0.0735. The van der Waals surface area contributed by atoms with Crippen LogP contribution < -0.4 is 5.32 Å². The molecule has 4 nitrogen and oxygen atoms in total. The Morgan fingerprint density at radius 3 is 2.82 bits per heavy atom. The van der Waals surface area contributed by atoms with Crippen LogP contribution in [0.25, 0.3) is 0 Å². The zero-order valence-corrected chi connectivity index (χ0v) is 14.1. The van der Waals surface area contributed by atoms with Gasteiger partial charge >= 0.3 is 0 Å². The van der Waals surface area contributed by atoms with E-state index in [4.69, 9.17) is 4.52 Å². The van der Waals surface area contributed by atoms with E-state index in [-0.39, 0.29) is 5.91 Å². The number of carbonyl (C=O) groups excluding carboxylic acids is 1. The average molecular weight is 318 g/mol. The van der Waals surface area contributed by atoms with Crippen molar-refractivity contribution in [2.45, 2.75) is 32.9 Å². The summed E-state index contributed by atoms with van der Waals surface area (Å²) in [4.78, 5) is 11.8. The first-order chi connectivity index (χ1) is 10.6. The second-order valence-corrected chi connectivity index (χ2v) is 6.37. The first kappa shape index (κ1) is 16.6. The van der Waals surface area contributed by atoms with E-state index >= 15 is 0 Å². The molecule has 0 aliphatic heterocycles. The predicted molar refractivity (Wildman–Crippen MR) is 90.0 cm³/mol. The number of carbonyl (C=O) groups is 1. The summed E-state index contributed by atoms with van der Waals surface area (Å²) in [6, 6.07) is 8.36. The zero-order valence-electron chi connectivity index (χ0n) is 13.3. The highest BCUT2D eigenvalue weighted by Crippen LogP contribution is 2.19. The Balaban J connectivity index is 1.66. The van der Waals surface area contributed by atoms with Crippen molar-refractivity contribution >= 4 is 17.7 Å². The number of aryl methyl sites for hydroxylation is 3. The van der Waals surface area contributed by atoms with Crippen LogP contribution in [0.2, 0.25) is 0 Å². The number of nitrogens with one attached hydrogen (secondary N) is 1. The van der Waals surface area contributed by atoms with Crippen molar-refractivity contribution in [3.8, 4) is 0 Å². The zero-order chi connectivity index (χ0) is 15.9. The molecule has 0 saturated carbocycles. The number of hydrogen-bond acceptors (Lipinski definition) is 4. The van der Waals surface area contributed by atoms with Gasteiger partial charge < -0.3 is 9.84 Å². The number of aromatic nitrogens is 1. The minimum atomic E-state index is 0.0735. The minimum Gasteiger partial charge on any atom is -0.361 e. The molecule has 2 rings (SSSR count). The first-order valence-corrected chi connectivity index (χ1v) is 8.53. The SMILES string of the molecule is Cc1cccc(CCNC(=O)CSCc2c(C)noc2C)c1. The van der Waals surface area contributed by atoms with E-state index in [9.17, 15) is 4.79 Å². The molecule has 0 atom stereocenters. The lowest BCUT2D eigenvalue weighted by Gasteiger charge is -2.06. The smallest absolute Gasteiger partial charge is 0.230 e. The van der Waals surface area contributed by atoms with Crippen LogP contribution in [-0.2, 0) is 17.0 Å². The van der Waals surface area contributed by atoms with Crippen LogP contribution in [0.4, 0.5) is 0 Å². The second kappa shape index (κ2) is 8.03. The van der Waals surface area contributed by atoms with Gasteiger partial charge in [0.15, 0.2) is 0 Å². The van der Waals surface area contributed by atoms with Crippen molar-refractivity contribution in [2.24, 2.45) is 0 Å². The second-order valence-electron chi connectivity index (χ2n) is 5.38. The average Bonchev–Trinajstić information content (AvgIpc) is 2.79. The fourth-order valence-corrected chi connectivity index (χ4v) is 3.22. The highest BCUT2D eigenvalue weighted by molar-refractivity contribution is 7.99. The first-order valence-electron chi connectivity index (χ1n) is 7.38. The van der Waals surface area contributed by atoms with Gasteiger partial charge in [0.25, 0.3) is 0 Å². The topological polar surface area (TPSA) is 55.1 Å². The van der Waals surface area contributed by atoms with E-state index in [1.807, 2.05) is 19.9 Å². The molecule has 0 aliphatic carbocycles. The van der Waals surface area contributed by atoms with Crippen LogP contribution in [0.1, 0.15) is 28.1 Å².